The summed E-state index contributed by atoms with van der Waals surface area (Å²) in [6.07, 6.45) is 3.45. The van der Waals surface area contributed by atoms with E-state index < -0.39 is 11.6 Å². The maximum atomic E-state index is 13.2. The minimum absolute atomic E-state index is 0.534. The molecular weight excluding hydrogens is 232 g/mol. The van der Waals surface area contributed by atoms with Crippen LogP contribution in [0.2, 0.25) is 0 Å². The smallest absolute Gasteiger partial charge is 0.126 e. The lowest BCUT2D eigenvalue weighted by Crippen LogP contribution is -1.84. The predicted octanol–water partition coefficient (Wildman–Crippen LogP) is 4.18. The monoisotopic (exact) mass is 241 g/mol. The third-order valence-corrected chi connectivity index (χ3v) is 2.84. The second-order valence-electron chi connectivity index (χ2n) is 4.10. The number of fused-ring (bicyclic) bond motifs is 1. The highest BCUT2D eigenvalue weighted by molar-refractivity contribution is 5.86. The Morgan fingerprint density at radius 3 is 2.28 bits per heavy atom. The standard InChI is InChI=1S/C15H9F2N/c16-14-6-13(7-15(17)8-14)10-1-2-12-9-18-4-3-11(12)5-10/h1-9H. The number of halogens is 2. The van der Waals surface area contributed by atoms with E-state index in [1.165, 1.54) is 12.1 Å². The molecular formula is C15H9F2N. The maximum absolute atomic E-state index is 13.2. The van der Waals surface area contributed by atoms with E-state index in [1.807, 2.05) is 24.3 Å². The lowest BCUT2D eigenvalue weighted by atomic mass is 10.0. The minimum Gasteiger partial charge on any atom is -0.264 e. The molecule has 1 nitrogen and oxygen atoms in total. The summed E-state index contributed by atoms with van der Waals surface area (Å²) in [4.78, 5) is 4.02. The Balaban J connectivity index is 2.19. The number of hydrogen-bond donors (Lipinski definition) is 0. The summed E-state index contributed by atoms with van der Waals surface area (Å²) in [6, 6.07) is 11.0. The highest BCUT2D eigenvalue weighted by Crippen LogP contribution is 2.25. The van der Waals surface area contributed by atoms with E-state index in [1.54, 1.807) is 12.4 Å². The van der Waals surface area contributed by atoms with Crippen LogP contribution in [0.25, 0.3) is 21.9 Å². The first kappa shape index (κ1) is 10.8. The molecule has 88 valence electrons. The minimum atomic E-state index is -0.570. The van der Waals surface area contributed by atoms with E-state index >= 15 is 0 Å². The van der Waals surface area contributed by atoms with Crippen molar-refractivity contribution >= 4 is 10.8 Å². The molecule has 0 fully saturated rings. The maximum Gasteiger partial charge on any atom is 0.126 e. The quantitative estimate of drug-likeness (QED) is 0.622. The van der Waals surface area contributed by atoms with E-state index in [0.29, 0.717) is 5.56 Å². The summed E-state index contributed by atoms with van der Waals surface area (Å²) in [5, 5.41) is 1.99. The number of benzene rings is 2. The molecule has 0 saturated carbocycles. The molecule has 3 rings (SSSR count). The Bertz CT molecular complexity index is 702. The lowest BCUT2D eigenvalue weighted by molar-refractivity contribution is 0.584. The van der Waals surface area contributed by atoms with Crippen LogP contribution < -0.4 is 0 Å². The zero-order valence-corrected chi connectivity index (χ0v) is 9.40. The molecule has 3 aromatic rings. The normalized spacial score (nSPS) is 10.8. The van der Waals surface area contributed by atoms with Gasteiger partial charge in [0.2, 0.25) is 0 Å². The van der Waals surface area contributed by atoms with Crippen LogP contribution in [0.4, 0.5) is 8.78 Å². The molecule has 1 heterocycles. The largest absolute Gasteiger partial charge is 0.264 e. The van der Waals surface area contributed by atoms with Gasteiger partial charge in [0.15, 0.2) is 0 Å². The molecule has 3 heteroatoms. The highest BCUT2D eigenvalue weighted by Gasteiger charge is 2.04. The van der Waals surface area contributed by atoms with E-state index in [9.17, 15) is 8.78 Å². The van der Waals surface area contributed by atoms with Gasteiger partial charge in [-0.25, -0.2) is 8.78 Å². The summed E-state index contributed by atoms with van der Waals surface area (Å²) < 4.78 is 26.4. The van der Waals surface area contributed by atoms with Crippen LogP contribution in [-0.4, -0.2) is 4.98 Å². The number of aromatic nitrogens is 1. The Morgan fingerprint density at radius 2 is 1.50 bits per heavy atom. The Kier molecular flexibility index (Phi) is 2.52. The summed E-state index contributed by atoms with van der Waals surface area (Å²) >= 11 is 0. The van der Waals surface area contributed by atoms with Crippen LogP contribution >= 0.6 is 0 Å². The van der Waals surface area contributed by atoms with Gasteiger partial charge in [0.25, 0.3) is 0 Å². The van der Waals surface area contributed by atoms with Gasteiger partial charge in [-0.2, -0.15) is 0 Å². The van der Waals surface area contributed by atoms with Crippen molar-refractivity contribution in [3.05, 3.63) is 66.5 Å². The van der Waals surface area contributed by atoms with Crippen molar-refractivity contribution < 1.29 is 8.78 Å². The van der Waals surface area contributed by atoms with Gasteiger partial charge in [0.05, 0.1) is 0 Å². The molecule has 0 unspecified atom stereocenters. The molecule has 18 heavy (non-hydrogen) atoms. The van der Waals surface area contributed by atoms with Crippen LogP contribution in [0.3, 0.4) is 0 Å². The van der Waals surface area contributed by atoms with Gasteiger partial charge in [0.1, 0.15) is 11.6 Å². The van der Waals surface area contributed by atoms with Gasteiger partial charge in [-0.05, 0) is 40.8 Å². The fourth-order valence-corrected chi connectivity index (χ4v) is 1.98. The average Bonchev–Trinajstić information content (AvgIpc) is 2.37. The highest BCUT2D eigenvalue weighted by atomic mass is 19.1. The van der Waals surface area contributed by atoms with E-state index in [2.05, 4.69) is 4.98 Å². The first-order valence-electron chi connectivity index (χ1n) is 5.53. The number of rotatable bonds is 1. The molecule has 0 aliphatic rings. The third kappa shape index (κ3) is 1.95. The lowest BCUT2D eigenvalue weighted by Gasteiger charge is -2.04. The zero-order valence-electron chi connectivity index (χ0n) is 9.40. The van der Waals surface area contributed by atoms with Crippen molar-refractivity contribution in [1.82, 2.24) is 4.98 Å². The molecule has 0 saturated heterocycles. The zero-order chi connectivity index (χ0) is 12.5. The van der Waals surface area contributed by atoms with E-state index in [-0.39, 0.29) is 0 Å². The summed E-state index contributed by atoms with van der Waals surface area (Å²) in [5.74, 6) is -1.14. The molecule has 0 amide bonds. The Morgan fingerprint density at radius 1 is 0.722 bits per heavy atom. The first-order chi connectivity index (χ1) is 8.72. The Labute approximate surface area is 103 Å². The van der Waals surface area contributed by atoms with Crippen LogP contribution in [0.1, 0.15) is 0 Å². The van der Waals surface area contributed by atoms with Crippen molar-refractivity contribution in [2.75, 3.05) is 0 Å². The topological polar surface area (TPSA) is 12.9 Å². The van der Waals surface area contributed by atoms with Crippen molar-refractivity contribution in [2.24, 2.45) is 0 Å². The SMILES string of the molecule is Fc1cc(F)cc(-c2ccc3cnccc3c2)c1. The first-order valence-corrected chi connectivity index (χ1v) is 5.53. The van der Waals surface area contributed by atoms with Crippen molar-refractivity contribution in [3.8, 4) is 11.1 Å². The molecule has 0 radical (unpaired) electrons. The molecule has 0 bridgehead atoms. The molecule has 0 N–H and O–H groups in total. The average molecular weight is 241 g/mol. The molecule has 0 spiro atoms. The summed E-state index contributed by atoms with van der Waals surface area (Å²) in [6.45, 7) is 0. The van der Waals surface area contributed by atoms with Gasteiger partial charge >= 0.3 is 0 Å². The fraction of sp³-hybridized carbons (Fsp3) is 0. The fourth-order valence-electron chi connectivity index (χ4n) is 1.98. The van der Waals surface area contributed by atoms with Crippen molar-refractivity contribution in [1.29, 1.82) is 0 Å². The van der Waals surface area contributed by atoms with Gasteiger partial charge in [-0.15, -0.1) is 0 Å². The van der Waals surface area contributed by atoms with Gasteiger partial charge in [0, 0.05) is 23.8 Å². The van der Waals surface area contributed by atoms with Crippen molar-refractivity contribution in [2.45, 2.75) is 0 Å². The summed E-state index contributed by atoms with van der Waals surface area (Å²) in [7, 11) is 0. The second kappa shape index (κ2) is 4.18. The second-order valence-corrected chi connectivity index (χ2v) is 4.10. The van der Waals surface area contributed by atoms with Gasteiger partial charge in [-0.1, -0.05) is 12.1 Å². The van der Waals surface area contributed by atoms with Crippen LogP contribution in [0.5, 0.6) is 0 Å². The van der Waals surface area contributed by atoms with Crippen LogP contribution in [-0.2, 0) is 0 Å². The predicted molar refractivity (Wildman–Crippen MR) is 67.1 cm³/mol. The summed E-state index contributed by atoms with van der Waals surface area (Å²) in [5.41, 5.74) is 1.32. The number of hydrogen-bond acceptors (Lipinski definition) is 1. The van der Waals surface area contributed by atoms with Gasteiger partial charge in [-0.3, -0.25) is 4.98 Å². The van der Waals surface area contributed by atoms with Crippen molar-refractivity contribution in [3.63, 3.8) is 0 Å². The van der Waals surface area contributed by atoms with E-state index in [0.717, 1.165) is 22.4 Å². The third-order valence-electron chi connectivity index (χ3n) is 2.84. The van der Waals surface area contributed by atoms with Crippen LogP contribution in [0.15, 0.2) is 54.9 Å². The van der Waals surface area contributed by atoms with Gasteiger partial charge < -0.3 is 0 Å². The number of pyridine rings is 1. The molecule has 1 aromatic heterocycles. The molecule has 0 aliphatic heterocycles. The number of nitrogens with zero attached hydrogens (tertiary/aromatic N) is 1. The van der Waals surface area contributed by atoms with Crippen LogP contribution in [0, 0.1) is 11.6 Å². The molecule has 0 aliphatic carbocycles. The Hall–Kier alpha value is -2.29. The molecule has 0 atom stereocenters. The van der Waals surface area contributed by atoms with E-state index in [4.69, 9.17) is 0 Å². The molecule has 2 aromatic carbocycles.